The van der Waals surface area contributed by atoms with Gasteiger partial charge in [0.15, 0.2) is 0 Å². The van der Waals surface area contributed by atoms with E-state index in [2.05, 4.69) is 10.3 Å². The highest BCUT2D eigenvalue weighted by molar-refractivity contribution is 5.95. The lowest BCUT2D eigenvalue weighted by atomic mass is 10.2. The Morgan fingerprint density at radius 1 is 1.56 bits per heavy atom. The van der Waals surface area contributed by atoms with Crippen LogP contribution in [0.2, 0.25) is 0 Å². The molecule has 5 nitrogen and oxygen atoms in total. The molecule has 0 aliphatic rings. The van der Waals surface area contributed by atoms with E-state index in [0.717, 1.165) is 6.54 Å². The monoisotopic (exact) mass is 222 g/mol. The topological polar surface area (TPSA) is 71.2 Å². The Morgan fingerprint density at radius 2 is 2.25 bits per heavy atom. The van der Waals surface area contributed by atoms with Crippen LogP contribution >= 0.6 is 0 Å². The molecule has 0 radical (unpaired) electrons. The Kier molecular flexibility index (Phi) is 4.25. The van der Waals surface area contributed by atoms with E-state index in [1.165, 1.54) is 0 Å². The van der Waals surface area contributed by atoms with Gasteiger partial charge in [0, 0.05) is 13.1 Å². The fourth-order valence-electron chi connectivity index (χ4n) is 1.27. The highest BCUT2D eigenvalue weighted by atomic mass is 16.1. The molecule has 1 rings (SSSR count). The summed E-state index contributed by atoms with van der Waals surface area (Å²) in [4.78, 5) is 17.8. The molecule has 1 aromatic rings. The predicted octanol–water partition coefficient (Wildman–Crippen LogP) is 0.264. The molecular formula is C11H18N4O. The van der Waals surface area contributed by atoms with Crippen LogP contribution in [0.4, 0.5) is 5.69 Å². The zero-order chi connectivity index (χ0) is 12.1. The number of nitrogens with one attached hydrogen (secondary N) is 1. The number of carbonyl (C=O) groups excluding carboxylic acids is 1. The summed E-state index contributed by atoms with van der Waals surface area (Å²) in [5.74, 6) is -0.126. The van der Waals surface area contributed by atoms with E-state index < -0.39 is 0 Å². The van der Waals surface area contributed by atoms with Crippen LogP contribution in [0.15, 0.2) is 12.3 Å². The van der Waals surface area contributed by atoms with Crippen LogP contribution in [0.1, 0.15) is 16.1 Å². The number of likely N-dealkylation sites (N-methyl/N-ethyl adjacent to an activating group) is 1. The highest BCUT2D eigenvalue weighted by Crippen LogP contribution is 2.08. The second-order valence-electron chi connectivity index (χ2n) is 3.96. The lowest BCUT2D eigenvalue weighted by Crippen LogP contribution is -2.31. The molecule has 0 aliphatic carbocycles. The Hall–Kier alpha value is -1.62. The van der Waals surface area contributed by atoms with Crippen LogP contribution < -0.4 is 11.1 Å². The first-order valence-electron chi connectivity index (χ1n) is 5.15. The van der Waals surface area contributed by atoms with Gasteiger partial charge < -0.3 is 16.0 Å². The van der Waals surface area contributed by atoms with Gasteiger partial charge in [-0.05, 0) is 27.1 Å². The molecule has 88 valence electrons. The smallest absolute Gasteiger partial charge is 0.253 e. The average molecular weight is 222 g/mol. The van der Waals surface area contributed by atoms with Gasteiger partial charge in [-0.3, -0.25) is 9.78 Å². The van der Waals surface area contributed by atoms with Crippen LogP contribution in [0.25, 0.3) is 0 Å². The van der Waals surface area contributed by atoms with Crippen LogP contribution in [-0.2, 0) is 0 Å². The molecule has 0 saturated heterocycles. The third-order valence-corrected chi connectivity index (χ3v) is 2.20. The van der Waals surface area contributed by atoms with Crippen molar-refractivity contribution in [2.24, 2.45) is 0 Å². The quantitative estimate of drug-likeness (QED) is 0.766. The van der Waals surface area contributed by atoms with E-state index in [1.54, 1.807) is 19.2 Å². The highest BCUT2D eigenvalue weighted by Gasteiger charge is 2.09. The van der Waals surface area contributed by atoms with Crippen molar-refractivity contribution < 1.29 is 4.79 Å². The molecule has 5 heteroatoms. The SMILES string of the molecule is Cc1ncc(N)cc1C(=O)NCCN(C)C. The van der Waals surface area contributed by atoms with E-state index in [9.17, 15) is 4.79 Å². The second kappa shape index (κ2) is 5.46. The number of amides is 1. The van der Waals surface area contributed by atoms with Crippen molar-refractivity contribution >= 4 is 11.6 Å². The van der Waals surface area contributed by atoms with Crippen molar-refractivity contribution in [1.82, 2.24) is 15.2 Å². The zero-order valence-electron chi connectivity index (χ0n) is 9.95. The summed E-state index contributed by atoms with van der Waals surface area (Å²) in [6, 6.07) is 1.65. The van der Waals surface area contributed by atoms with E-state index in [1.807, 2.05) is 19.0 Å². The summed E-state index contributed by atoms with van der Waals surface area (Å²) in [5.41, 5.74) is 7.33. The lowest BCUT2D eigenvalue weighted by Gasteiger charge is -2.11. The van der Waals surface area contributed by atoms with Gasteiger partial charge in [0.2, 0.25) is 0 Å². The average Bonchev–Trinajstić information content (AvgIpc) is 2.21. The normalized spacial score (nSPS) is 10.5. The molecule has 1 amide bonds. The number of pyridine rings is 1. The minimum absolute atomic E-state index is 0.126. The summed E-state index contributed by atoms with van der Waals surface area (Å²) in [6.45, 7) is 3.21. The molecule has 1 aromatic heterocycles. The number of rotatable bonds is 4. The molecule has 16 heavy (non-hydrogen) atoms. The molecular weight excluding hydrogens is 204 g/mol. The third-order valence-electron chi connectivity index (χ3n) is 2.20. The van der Waals surface area contributed by atoms with Gasteiger partial charge in [-0.15, -0.1) is 0 Å². The first-order chi connectivity index (χ1) is 7.50. The maximum absolute atomic E-state index is 11.8. The van der Waals surface area contributed by atoms with Crippen molar-refractivity contribution in [3.05, 3.63) is 23.5 Å². The van der Waals surface area contributed by atoms with Gasteiger partial charge >= 0.3 is 0 Å². The zero-order valence-corrected chi connectivity index (χ0v) is 9.95. The number of nitrogens with two attached hydrogens (primary N) is 1. The van der Waals surface area contributed by atoms with Crippen LogP contribution in [0, 0.1) is 6.92 Å². The van der Waals surface area contributed by atoms with E-state index in [0.29, 0.717) is 23.5 Å². The van der Waals surface area contributed by atoms with E-state index in [4.69, 9.17) is 5.73 Å². The lowest BCUT2D eigenvalue weighted by molar-refractivity contribution is 0.0950. The van der Waals surface area contributed by atoms with Gasteiger partial charge in [0.05, 0.1) is 23.1 Å². The van der Waals surface area contributed by atoms with Crippen LogP contribution in [-0.4, -0.2) is 43.0 Å². The third kappa shape index (κ3) is 3.51. The maximum atomic E-state index is 11.8. The first-order valence-corrected chi connectivity index (χ1v) is 5.15. The minimum atomic E-state index is -0.126. The summed E-state index contributed by atoms with van der Waals surface area (Å²) >= 11 is 0. The van der Waals surface area contributed by atoms with Crippen molar-refractivity contribution in [2.75, 3.05) is 32.9 Å². The molecule has 0 aliphatic heterocycles. The number of anilines is 1. The van der Waals surface area contributed by atoms with Gasteiger partial charge in [-0.2, -0.15) is 0 Å². The standard InChI is InChI=1S/C11H18N4O/c1-8-10(6-9(12)7-14-8)11(16)13-4-5-15(2)3/h6-7H,4-5,12H2,1-3H3,(H,13,16). The van der Waals surface area contributed by atoms with Crippen LogP contribution in [0.5, 0.6) is 0 Å². The molecule has 0 atom stereocenters. The number of hydrogen-bond acceptors (Lipinski definition) is 4. The number of nitrogens with zero attached hydrogens (tertiary/aromatic N) is 2. The van der Waals surface area contributed by atoms with Gasteiger partial charge in [-0.25, -0.2) is 0 Å². The van der Waals surface area contributed by atoms with E-state index in [-0.39, 0.29) is 5.91 Å². The predicted molar refractivity (Wildman–Crippen MR) is 64.3 cm³/mol. The summed E-state index contributed by atoms with van der Waals surface area (Å²) in [5, 5.41) is 2.82. The van der Waals surface area contributed by atoms with Crippen molar-refractivity contribution in [2.45, 2.75) is 6.92 Å². The summed E-state index contributed by atoms with van der Waals surface area (Å²) in [6.07, 6.45) is 1.55. The fraction of sp³-hybridized carbons (Fsp3) is 0.455. The fourth-order valence-corrected chi connectivity index (χ4v) is 1.27. The van der Waals surface area contributed by atoms with Crippen molar-refractivity contribution in [3.8, 4) is 0 Å². The largest absolute Gasteiger partial charge is 0.397 e. The summed E-state index contributed by atoms with van der Waals surface area (Å²) < 4.78 is 0. The molecule has 0 fully saturated rings. The molecule has 0 aromatic carbocycles. The molecule has 3 N–H and O–H groups in total. The van der Waals surface area contributed by atoms with Gasteiger partial charge in [0.1, 0.15) is 0 Å². The van der Waals surface area contributed by atoms with Crippen molar-refractivity contribution in [3.63, 3.8) is 0 Å². The van der Waals surface area contributed by atoms with Crippen LogP contribution in [0.3, 0.4) is 0 Å². The maximum Gasteiger partial charge on any atom is 0.253 e. The second-order valence-corrected chi connectivity index (χ2v) is 3.96. The Balaban J connectivity index is 2.62. The molecule has 0 unspecified atom stereocenters. The molecule has 0 bridgehead atoms. The Bertz CT molecular complexity index is 376. The number of nitrogen functional groups attached to an aromatic ring is 1. The molecule has 0 saturated carbocycles. The van der Waals surface area contributed by atoms with E-state index >= 15 is 0 Å². The Labute approximate surface area is 95.7 Å². The number of carbonyl (C=O) groups is 1. The molecule has 1 heterocycles. The van der Waals surface area contributed by atoms with Gasteiger partial charge in [0.25, 0.3) is 5.91 Å². The molecule has 0 spiro atoms. The number of aromatic nitrogens is 1. The Morgan fingerprint density at radius 3 is 2.88 bits per heavy atom. The van der Waals surface area contributed by atoms with Crippen molar-refractivity contribution in [1.29, 1.82) is 0 Å². The first kappa shape index (κ1) is 12.4. The minimum Gasteiger partial charge on any atom is -0.397 e. The van der Waals surface area contributed by atoms with Gasteiger partial charge in [-0.1, -0.05) is 0 Å². The number of hydrogen-bond donors (Lipinski definition) is 2. The summed E-state index contributed by atoms with van der Waals surface area (Å²) in [7, 11) is 3.92. The number of aryl methyl sites for hydroxylation is 1.